The third-order valence-electron chi connectivity index (χ3n) is 3.47. The van der Waals surface area contributed by atoms with Gasteiger partial charge in [-0.05, 0) is 36.4 Å². The highest BCUT2D eigenvalue weighted by atomic mass is 35.5. The van der Waals surface area contributed by atoms with Crippen LogP contribution in [0.4, 0.5) is 32.0 Å². The van der Waals surface area contributed by atoms with Crippen molar-refractivity contribution in [3.63, 3.8) is 0 Å². The molecule has 0 aliphatic heterocycles. The summed E-state index contributed by atoms with van der Waals surface area (Å²) in [6.45, 7) is -0.957. The Morgan fingerprint density at radius 3 is 2.00 bits per heavy atom. The minimum absolute atomic E-state index is 0.0354. The topological polar surface area (TPSA) is 108 Å². The summed E-state index contributed by atoms with van der Waals surface area (Å²) < 4.78 is 86.8. The Morgan fingerprint density at radius 2 is 1.52 bits per heavy atom. The number of alkyl halides is 6. The van der Waals surface area contributed by atoms with Crippen LogP contribution in [0.3, 0.4) is 0 Å². The van der Waals surface area contributed by atoms with Gasteiger partial charge in [0.2, 0.25) is 6.79 Å². The number of rotatable bonds is 6. The first-order valence-corrected chi connectivity index (χ1v) is 9.75. The van der Waals surface area contributed by atoms with E-state index in [-0.39, 0.29) is 16.8 Å². The molecule has 0 unspecified atom stereocenters. The van der Waals surface area contributed by atoms with Crippen LogP contribution in [0, 0.1) is 0 Å². The molecule has 0 fully saturated rings. The summed E-state index contributed by atoms with van der Waals surface area (Å²) in [7, 11) is -4.66. The van der Waals surface area contributed by atoms with Gasteiger partial charge in [-0.15, -0.1) is 4.52 Å². The Kier molecular flexibility index (Phi) is 7.41. The zero-order valence-corrected chi connectivity index (χ0v) is 16.5. The van der Waals surface area contributed by atoms with Crippen molar-refractivity contribution in [1.29, 1.82) is 0 Å². The van der Waals surface area contributed by atoms with Crippen LogP contribution in [-0.2, 0) is 16.9 Å². The molecule has 0 saturated carbocycles. The van der Waals surface area contributed by atoms with Gasteiger partial charge in [0, 0.05) is 10.7 Å². The van der Waals surface area contributed by atoms with Gasteiger partial charge in [-0.25, -0.2) is 0 Å². The minimum atomic E-state index is -5.11. The Hall–Kier alpha value is -2.15. The highest BCUT2D eigenvalue weighted by Gasteiger charge is 2.37. The molecule has 0 spiro atoms. The number of hydrogen-bond acceptors (Lipinski definition) is 6. The van der Waals surface area contributed by atoms with Crippen LogP contribution < -0.4 is 10.1 Å². The Labute approximate surface area is 175 Å². The van der Waals surface area contributed by atoms with E-state index in [2.05, 4.69) is 4.52 Å². The second-order valence-electron chi connectivity index (χ2n) is 5.79. The molecule has 2 aromatic rings. The maximum absolute atomic E-state index is 13.0. The van der Waals surface area contributed by atoms with Crippen LogP contribution in [0.15, 0.2) is 36.4 Å². The van der Waals surface area contributed by atoms with Crippen LogP contribution >= 0.6 is 19.8 Å². The molecule has 0 aromatic heterocycles. The molecule has 0 atom stereocenters. The summed E-state index contributed by atoms with van der Waals surface area (Å²) in [4.78, 5) is 38.7. The molecular weight excluding hydrogens is 483 g/mol. The number of carbonyl (C=O) groups is 1. The Bertz CT molecular complexity index is 931. The molecule has 0 aliphatic carbocycles. The van der Waals surface area contributed by atoms with E-state index in [0.717, 1.165) is 12.1 Å². The molecule has 31 heavy (non-hydrogen) atoms. The molecule has 2 rings (SSSR count). The fraction of sp³-hybridized carbons (Fsp3) is 0.188. The average molecular weight is 495 g/mol. The van der Waals surface area contributed by atoms with Crippen molar-refractivity contribution in [3.05, 3.63) is 58.1 Å². The van der Waals surface area contributed by atoms with Crippen molar-refractivity contribution in [2.75, 3.05) is 12.1 Å². The lowest BCUT2D eigenvalue weighted by Crippen LogP contribution is -2.17. The number of halogens is 7. The van der Waals surface area contributed by atoms with Crippen molar-refractivity contribution in [2.24, 2.45) is 0 Å². The van der Waals surface area contributed by atoms with E-state index in [4.69, 9.17) is 31.0 Å². The number of hydrogen-bond donors (Lipinski definition) is 4. The van der Waals surface area contributed by atoms with E-state index in [0.29, 0.717) is 12.1 Å². The molecule has 7 nitrogen and oxygen atoms in total. The van der Waals surface area contributed by atoms with Gasteiger partial charge < -0.3 is 10.1 Å². The third kappa shape index (κ3) is 7.49. The summed E-state index contributed by atoms with van der Waals surface area (Å²) in [5.74, 6) is -1.53. The predicted molar refractivity (Wildman–Crippen MR) is 96.0 cm³/mol. The molecule has 4 N–H and O–H groups in total. The summed E-state index contributed by atoms with van der Waals surface area (Å²) >= 11 is 5.76. The average Bonchev–Trinajstić information content (AvgIpc) is 2.60. The van der Waals surface area contributed by atoms with Crippen molar-refractivity contribution in [1.82, 2.24) is 0 Å². The molecule has 170 valence electrons. The van der Waals surface area contributed by atoms with Crippen LogP contribution in [0.5, 0.6) is 5.75 Å². The van der Waals surface area contributed by atoms with Crippen molar-refractivity contribution in [3.8, 4) is 5.75 Å². The molecule has 1 amide bonds. The first-order chi connectivity index (χ1) is 14.1. The van der Waals surface area contributed by atoms with Gasteiger partial charge in [0.15, 0.2) is 0 Å². The van der Waals surface area contributed by atoms with Crippen LogP contribution in [-0.4, -0.2) is 27.4 Å². The van der Waals surface area contributed by atoms with Crippen LogP contribution in [0.2, 0.25) is 5.02 Å². The Morgan fingerprint density at radius 1 is 0.968 bits per heavy atom. The fourth-order valence-electron chi connectivity index (χ4n) is 2.19. The Balaban J connectivity index is 2.35. The summed E-state index contributed by atoms with van der Waals surface area (Å²) in [5.41, 5.74) is -4.51. The maximum atomic E-state index is 13.0. The van der Waals surface area contributed by atoms with Crippen LogP contribution in [0.25, 0.3) is 0 Å². The summed E-state index contributed by atoms with van der Waals surface area (Å²) in [6, 6.07) is 3.82. The molecule has 0 aliphatic rings. The smallest absolute Gasteiger partial charge is 0.462 e. The molecule has 0 saturated heterocycles. The first-order valence-electron chi connectivity index (χ1n) is 7.81. The van der Waals surface area contributed by atoms with Crippen molar-refractivity contribution in [2.45, 2.75) is 12.4 Å². The zero-order valence-electron chi connectivity index (χ0n) is 14.8. The zero-order chi connectivity index (χ0) is 23.6. The van der Waals surface area contributed by atoms with Crippen molar-refractivity contribution < 1.29 is 55.1 Å². The summed E-state index contributed by atoms with van der Waals surface area (Å²) in [5, 5.41) is 1.86. The summed E-state index contributed by atoms with van der Waals surface area (Å²) in [6.07, 6.45) is -10.2. The van der Waals surface area contributed by atoms with Gasteiger partial charge in [-0.1, -0.05) is 11.6 Å². The quantitative estimate of drug-likeness (QED) is 0.265. The molecule has 0 bridgehead atoms. The lowest BCUT2D eigenvalue weighted by Gasteiger charge is -2.16. The fourth-order valence-corrected chi connectivity index (χ4v) is 2.56. The lowest BCUT2D eigenvalue weighted by atomic mass is 10.1. The van der Waals surface area contributed by atoms with Gasteiger partial charge >= 0.3 is 20.5 Å². The maximum Gasteiger partial charge on any atom is 0.570 e. The number of benzene rings is 2. The monoisotopic (exact) mass is 494 g/mol. The number of nitrogens with one attached hydrogen (secondary N) is 1. The second kappa shape index (κ2) is 9.15. The van der Waals surface area contributed by atoms with Crippen LogP contribution in [0.1, 0.15) is 21.5 Å². The van der Waals surface area contributed by atoms with E-state index in [9.17, 15) is 31.1 Å². The van der Waals surface area contributed by atoms with Gasteiger partial charge in [0.05, 0.1) is 16.7 Å². The minimum Gasteiger partial charge on any atom is -0.462 e. The molecule has 15 heteroatoms. The molecule has 0 heterocycles. The van der Waals surface area contributed by atoms with E-state index >= 15 is 0 Å². The normalized spacial score (nSPS) is 12.6. The van der Waals surface area contributed by atoms with Gasteiger partial charge in [-0.3, -0.25) is 4.79 Å². The van der Waals surface area contributed by atoms with E-state index in [1.807, 2.05) is 5.32 Å². The van der Waals surface area contributed by atoms with Gasteiger partial charge in [-0.2, -0.15) is 41.0 Å². The lowest BCUT2D eigenvalue weighted by molar-refractivity contribution is -0.143. The largest absolute Gasteiger partial charge is 0.570 e. The molecular formula is C16H12ClF6NO6P+. The second-order valence-corrected chi connectivity index (χ2v) is 7.51. The van der Waals surface area contributed by atoms with E-state index < -0.39 is 55.6 Å². The highest BCUT2D eigenvalue weighted by molar-refractivity contribution is 7.53. The third-order valence-corrected chi connectivity index (χ3v) is 4.16. The highest BCUT2D eigenvalue weighted by Crippen LogP contribution is 2.45. The number of carbonyl (C=O) groups excluding carboxylic acids is 1. The standard InChI is InChI=1S/C16H11ClF6NO6P/c17-10-1-2-13(29-7-30-31(26,27)28)12(6-10)14(25)24-11-4-8(15(18,19)20)3-9(5-11)16(21,22)23/h1-6,26-28H,7H2/p+1. The van der Waals surface area contributed by atoms with Crippen molar-refractivity contribution >= 4 is 31.4 Å². The predicted octanol–water partition coefficient (Wildman–Crippen LogP) is 4.64. The molecule has 0 radical (unpaired) electrons. The SMILES string of the molecule is O=C(Nc1cc(C(F)(F)F)cc(C(F)(F)F)c1)c1cc(Cl)ccc1OCO[P+](O)(O)O. The number of ether oxygens (including phenoxy) is 1. The van der Waals surface area contributed by atoms with Gasteiger partial charge in [0.25, 0.3) is 5.91 Å². The number of amides is 1. The first kappa shape index (κ1) is 25.1. The number of anilines is 1. The van der Waals surface area contributed by atoms with E-state index in [1.165, 1.54) is 6.07 Å². The molecule has 2 aromatic carbocycles. The van der Waals surface area contributed by atoms with E-state index in [1.54, 1.807) is 0 Å². The van der Waals surface area contributed by atoms with Gasteiger partial charge in [0.1, 0.15) is 5.75 Å².